The highest BCUT2D eigenvalue weighted by atomic mass is 16.5. The van der Waals surface area contributed by atoms with Crippen molar-refractivity contribution in [3.63, 3.8) is 0 Å². The van der Waals surface area contributed by atoms with Gasteiger partial charge in [-0.15, -0.1) is 0 Å². The van der Waals surface area contributed by atoms with Crippen LogP contribution < -0.4 is 5.32 Å². The van der Waals surface area contributed by atoms with Gasteiger partial charge in [0.25, 0.3) is 0 Å². The summed E-state index contributed by atoms with van der Waals surface area (Å²) < 4.78 is 4.33. The van der Waals surface area contributed by atoms with Gasteiger partial charge in [0, 0.05) is 6.54 Å². The van der Waals surface area contributed by atoms with Crippen molar-refractivity contribution in [1.82, 2.24) is 10.2 Å². The molecule has 0 aromatic carbocycles. The Morgan fingerprint density at radius 2 is 2.00 bits per heavy atom. The second kappa shape index (κ2) is 6.48. The van der Waals surface area contributed by atoms with E-state index in [1.54, 1.807) is 0 Å². The van der Waals surface area contributed by atoms with Crippen molar-refractivity contribution < 1.29 is 14.3 Å². The van der Waals surface area contributed by atoms with Crippen LogP contribution >= 0.6 is 0 Å². The highest BCUT2D eigenvalue weighted by Gasteiger charge is 2.20. The average molecular weight is 228 g/mol. The number of nitrogens with one attached hydrogen (secondary N) is 1. The molecule has 0 saturated carbocycles. The van der Waals surface area contributed by atoms with Crippen LogP contribution in [-0.4, -0.2) is 50.1 Å². The Labute approximate surface area is 96.1 Å². The van der Waals surface area contributed by atoms with Gasteiger partial charge in [0.15, 0.2) is 0 Å². The molecule has 0 atom stereocenters. The van der Waals surface area contributed by atoms with E-state index < -0.39 is 11.9 Å². The molecule has 0 aromatic heterocycles. The van der Waals surface area contributed by atoms with Gasteiger partial charge in [-0.05, 0) is 38.4 Å². The van der Waals surface area contributed by atoms with Crippen LogP contribution in [0.15, 0.2) is 0 Å². The van der Waals surface area contributed by atoms with Crippen molar-refractivity contribution >= 4 is 11.9 Å². The summed E-state index contributed by atoms with van der Waals surface area (Å²) in [6.07, 6.45) is 2.16. The van der Waals surface area contributed by atoms with Crippen LogP contribution in [0.1, 0.15) is 19.8 Å². The van der Waals surface area contributed by atoms with Crippen LogP contribution in [0.4, 0.5) is 0 Å². The fourth-order valence-corrected chi connectivity index (χ4v) is 1.91. The molecule has 16 heavy (non-hydrogen) atoms. The van der Waals surface area contributed by atoms with Gasteiger partial charge in [0.1, 0.15) is 0 Å². The number of piperidine rings is 1. The third kappa shape index (κ3) is 3.81. The van der Waals surface area contributed by atoms with Crippen molar-refractivity contribution in [2.75, 3.05) is 33.3 Å². The molecule has 0 aromatic rings. The Balaban J connectivity index is 2.19. The Morgan fingerprint density at radius 3 is 2.50 bits per heavy atom. The second-order valence-corrected chi connectivity index (χ2v) is 4.08. The van der Waals surface area contributed by atoms with Crippen molar-refractivity contribution in [2.45, 2.75) is 19.8 Å². The van der Waals surface area contributed by atoms with Crippen molar-refractivity contribution in [3.05, 3.63) is 0 Å². The summed E-state index contributed by atoms with van der Waals surface area (Å²) in [5.74, 6) is -0.970. The van der Waals surface area contributed by atoms with E-state index in [0.717, 1.165) is 32.5 Å². The molecular formula is C11H20N2O3. The molecule has 1 saturated heterocycles. The van der Waals surface area contributed by atoms with Crippen LogP contribution in [-0.2, 0) is 14.3 Å². The maximum absolute atomic E-state index is 11.1. The lowest BCUT2D eigenvalue weighted by Crippen LogP contribution is -2.40. The lowest BCUT2D eigenvalue weighted by molar-refractivity contribution is -0.152. The fourth-order valence-electron chi connectivity index (χ4n) is 1.91. The topological polar surface area (TPSA) is 58.6 Å². The van der Waals surface area contributed by atoms with Crippen LogP contribution in [0.25, 0.3) is 0 Å². The molecule has 0 spiro atoms. The third-order valence-corrected chi connectivity index (χ3v) is 3.08. The molecule has 1 fully saturated rings. The molecular weight excluding hydrogens is 208 g/mol. The van der Waals surface area contributed by atoms with Gasteiger partial charge < -0.3 is 15.0 Å². The number of hydrogen-bond donors (Lipinski definition) is 1. The van der Waals surface area contributed by atoms with Gasteiger partial charge >= 0.3 is 11.9 Å². The molecule has 0 unspecified atom stereocenters. The van der Waals surface area contributed by atoms with E-state index in [2.05, 4.69) is 21.9 Å². The van der Waals surface area contributed by atoms with Crippen molar-refractivity contribution in [2.24, 2.45) is 5.92 Å². The number of methoxy groups -OCH3 is 1. The molecule has 0 aliphatic carbocycles. The van der Waals surface area contributed by atoms with Crippen LogP contribution in [0, 0.1) is 5.92 Å². The van der Waals surface area contributed by atoms with Crippen LogP contribution in [0.3, 0.4) is 0 Å². The summed E-state index contributed by atoms with van der Waals surface area (Å²) in [4.78, 5) is 24.4. The summed E-state index contributed by atoms with van der Waals surface area (Å²) in [5, 5.41) is 2.60. The molecule has 1 amide bonds. The smallest absolute Gasteiger partial charge is 0.396 e. The molecule has 0 radical (unpaired) electrons. The predicted octanol–water partition coefficient (Wildman–Crippen LogP) is 0.00750. The largest absolute Gasteiger partial charge is 0.462 e. The first kappa shape index (κ1) is 13.0. The van der Waals surface area contributed by atoms with Gasteiger partial charge in [0.2, 0.25) is 0 Å². The van der Waals surface area contributed by atoms with Gasteiger partial charge in [-0.25, -0.2) is 4.79 Å². The standard InChI is InChI=1S/C11H20N2O3/c1-3-13-6-4-9(5-7-13)8-12-10(14)11(15)16-2/h9H,3-8H2,1-2H3,(H,12,14). The summed E-state index contributed by atoms with van der Waals surface area (Å²) in [5.41, 5.74) is 0. The predicted molar refractivity (Wildman–Crippen MR) is 59.9 cm³/mol. The number of esters is 1. The Kier molecular flexibility index (Phi) is 5.25. The van der Waals surface area contributed by atoms with E-state index >= 15 is 0 Å². The van der Waals surface area contributed by atoms with Gasteiger partial charge in [-0.3, -0.25) is 4.79 Å². The molecule has 1 aliphatic heterocycles. The number of nitrogens with zero attached hydrogens (tertiary/aromatic N) is 1. The number of carbonyl (C=O) groups is 2. The summed E-state index contributed by atoms with van der Waals surface area (Å²) in [6.45, 7) is 5.97. The average Bonchev–Trinajstić information content (AvgIpc) is 2.35. The highest BCUT2D eigenvalue weighted by Crippen LogP contribution is 2.15. The zero-order chi connectivity index (χ0) is 12.0. The summed E-state index contributed by atoms with van der Waals surface area (Å²) >= 11 is 0. The number of rotatable bonds is 3. The van der Waals surface area contributed by atoms with Crippen LogP contribution in [0.5, 0.6) is 0 Å². The zero-order valence-corrected chi connectivity index (χ0v) is 9.99. The van der Waals surface area contributed by atoms with Crippen molar-refractivity contribution in [3.8, 4) is 0 Å². The molecule has 1 aliphatic rings. The molecule has 1 heterocycles. The molecule has 5 heteroatoms. The van der Waals surface area contributed by atoms with Gasteiger partial charge in [-0.1, -0.05) is 6.92 Å². The van der Waals surface area contributed by atoms with E-state index in [1.165, 1.54) is 7.11 Å². The number of amides is 1. The van der Waals surface area contributed by atoms with Gasteiger partial charge in [-0.2, -0.15) is 0 Å². The lowest BCUT2D eigenvalue weighted by Gasteiger charge is -2.30. The van der Waals surface area contributed by atoms with E-state index in [9.17, 15) is 9.59 Å². The Hall–Kier alpha value is -1.10. The summed E-state index contributed by atoms with van der Waals surface area (Å²) in [7, 11) is 1.21. The van der Waals surface area contributed by atoms with Gasteiger partial charge in [0.05, 0.1) is 7.11 Å². The number of ether oxygens (including phenoxy) is 1. The fraction of sp³-hybridized carbons (Fsp3) is 0.818. The maximum atomic E-state index is 11.1. The number of hydrogen-bond acceptors (Lipinski definition) is 4. The minimum atomic E-state index is -0.814. The third-order valence-electron chi connectivity index (χ3n) is 3.08. The zero-order valence-electron chi connectivity index (χ0n) is 9.99. The molecule has 0 bridgehead atoms. The molecule has 92 valence electrons. The number of likely N-dealkylation sites (tertiary alicyclic amines) is 1. The first-order valence-electron chi connectivity index (χ1n) is 5.75. The first-order chi connectivity index (χ1) is 7.67. The monoisotopic (exact) mass is 228 g/mol. The highest BCUT2D eigenvalue weighted by molar-refractivity contribution is 6.32. The van der Waals surface area contributed by atoms with E-state index in [4.69, 9.17) is 0 Å². The first-order valence-corrected chi connectivity index (χ1v) is 5.75. The second-order valence-electron chi connectivity index (χ2n) is 4.08. The molecule has 5 nitrogen and oxygen atoms in total. The van der Waals surface area contributed by atoms with E-state index in [-0.39, 0.29) is 0 Å². The molecule has 1 N–H and O–H groups in total. The maximum Gasteiger partial charge on any atom is 0.396 e. The Bertz CT molecular complexity index is 248. The SMILES string of the molecule is CCN1CCC(CNC(=O)C(=O)OC)CC1. The quantitative estimate of drug-likeness (QED) is 0.546. The molecule has 1 rings (SSSR count). The van der Waals surface area contributed by atoms with E-state index in [1.807, 2.05) is 0 Å². The lowest BCUT2D eigenvalue weighted by atomic mass is 9.97. The Morgan fingerprint density at radius 1 is 1.38 bits per heavy atom. The minimum Gasteiger partial charge on any atom is -0.462 e. The minimum absolute atomic E-state index is 0.483. The van der Waals surface area contributed by atoms with Crippen LogP contribution in [0.2, 0.25) is 0 Å². The normalized spacial score (nSPS) is 18.1. The van der Waals surface area contributed by atoms with E-state index in [0.29, 0.717) is 12.5 Å². The van der Waals surface area contributed by atoms with Crippen molar-refractivity contribution in [1.29, 1.82) is 0 Å². The number of carbonyl (C=O) groups excluding carboxylic acids is 2. The summed E-state index contributed by atoms with van der Waals surface area (Å²) in [6, 6.07) is 0.